The van der Waals surface area contributed by atoms with Crippen LogP contribution in [0.5, 0.6) is 0 Å². The fourth-order valence-electron chi connectivity index (χ4n) is 1.97. The minimum Gasteiger partial charge on any atom is -0.481 e. The van der Waals surface area contributed by atoms with Gasteiger partial charge in [-0.3, -0.25) is 9.59 Å². The van der Waals surface area contributed by atoms with Crippen LogP contribution in [0.2, 0.25) is 0 Å². The van der Waals surface area contributed by atoms with Crippen LogP contribution in [0.3, 0.4) is 0 Å². The highest BCUT2D eigenvalue weighted by atomic mass is 127. The van der Waals surface area contributed by atoms with Gasteiger partial charge in [0.15, 0.2) is 0 Å². The molecule has 2 rings (SSSR count). The van der Waals surface area contributed by atoms with Crippen LogP contribution in [0.1, 0.15) is 23.2 Å². The lowest BCUT2D eigenvalue weighted by Crippen LogP contribution is -2.42. The Morgan fingerprint density at radius 1 is 1.53 bits per heavy atom. The van der Waals surface area contributed by atoms with Crippen LogP contribution in [-0.4, -0.2) is 35.0 Å². The van der Waals surface area contributed by atoms with Crippen LogP contribution in [0, 0.1) is 8.80 Å². The summed E-state index contributed by atoms with van der Waals surface area (Å²) in [5.41, 5.74) is 0.672. The van der Waals surface area contributed by atoms with E-state index >= 15 is 0 Å². The molecular weight excluding hydrogens is 353 g/mol. The highest BCUT2D eigenvalue weighted by Crippen LogP contribution is 2.22. The van der Waals surface area contributed by atoms with Crippen molar-refractivity contribution in [1.82, 2.24) is 4.90 Å². The highest BCUT2D eigenvalue weighted by Gasteiger charge is 2.28. The normalized spacial score (nSPS) is 20.3. The summed E-state index contributed by atoms with van der Waals surface area (Å²) in [5.74, 6) is -1.26. The van der Waals surface area contributed by atoms with Crippen LogP contribution in [0.15, 0.2) is 11.4 Å². The van der Waals surface area contributed by atoms with Crippen LogP contribution < -0.4 is 0 Å². The second-order valence-electron chi connectivity index (χ2n) is 4.07. The maximum absolute atomic E-state index is 12.1. The van der Waals surface area contributed by atoms with Gasteiger partial charge in [-0.05, 0) is 41.5 Å². The number of hydrogen-bond acceptors (Lipinski definition) is 3. The van der Waals surface area contributed by atoms with E-state index in [2.05, 4.69) is 22.6 Å². The van der Waals surface area contributed by atoms with Crippen LogP contribution in [0.25, 0.3) is 0 Å². The maximum Gasteiger partial charge on any atom is 0.308 e. The Labute approximate surface area is 117 Å². The molecule has 1 atom stereocenters. The Balaban J connectivity index is 2.07. The molecule has 1 aliphatic rings. The summed E-state index contributed by atoms with van der Waals surface area (Å²) in [6, 6.07) is 1.85. The number of rotatable bonds is 2. The van der Waals surface area contributed by atoms with E-state index in [4.69, 9.17) is 5.11 Å². The number of carbonyl (C=O) groups is 2. The minimum atomic E-state index is -0.803. The van der Waals surface area contributed by atoms with Gasteiger partial charge in [0.2, 0.25) is 0 Å². The maximum atomic E-state index is 12.1. The second-order valence-corrected chi connectivity index (χ2v) is 6.87. The molecule has 17 heavy (non-hydrogen) atoms. The highest BCUT2D eigenvalue weighted by molar-refractivity contribution is 14.1. The largest absolute Gasteiger partial charge is 0.481 e. The van der Waals surface area contributed by atoms with Crippen LogP contribution in [0.4, 0.5) is 0 Å². The van der Waals surface area contributed by atoms with E-state index in [1.807, 2.05) is 11.4 Å². The average Bonchev–Trinajstić information content (AvgIpc) is 2.75. The summed E-state index contributed by atoms with van der Waals surface area (Å²) < 4.78 is 1.07. The lowest BCUT2D eigenvalue weighted by molar-refractivity contribution is -0.143. The lowest BCUT2D eigenvalue weighted by atomic mass is 9.98. The molecule has 0 bridgehead atoms. The molecule has 1 aliphatic heterocycles. The molecule has 92 valence electrons. The van der Waals surface area contributed by atoms with Crippen molar-refractivity contribution in [2.75, 3.05) is 13.1 Å². The first kappa shape index (κ1) is 12.8. The number of amides is 1. The zero-order valence-electron chi connectivity index (χ0n) is 9.06. The van der Waals surface area contributed by atoms with E-state index in [0.29, 0.717) is 25.1 Å². The van der Waals surface area contributed by atoms with Crippen molar-refractivity contribution in [3.8, 4) is 0 Å². The number of piperidine rings is 1. The molecule has 1 saturated heterocycles. The molecule has 1 amide bonds. The second kappa shape index (κ2) is 5.34. The smallest absolute Gasteiger partial charge is 0.308 e. The van der Waals surface area contributed by atoms with Crippen molar-refractivity contribution in [3.05, 3.63) is 19.9 Å². The number of likely N-dealkylation sites (tertiary alicyclic amines) is 1. The molecular formula is C11H12INO3S. The molecule has 1 N–H and O–H groups in total. The summed E-state index contributed by atoms with van der Waals surface area (Å²) in [7, 11) is 0. The molecule has 1 aromatic heterocycles. The molecule has 1 aromatic rings. The van der Waals surface area contributed by atoms with Gasteiger partial charge in [0.25, 0.3) is 5.91 Å². The number of halogens is 1. The molecule has 0 aromatic carbocycles. The topological polar surface area (TPSA) is 57.6 Å². The van der Waals surface area contributed by atoms with Gasteiger partial charge in [0, 0.05) is 18.5 Å². The molecule has 0 aliphatic carbocycles. The van der Waals surface area contributed by atoms with Crippen molar-refractivity contribution in [1.29, 1.82) is 0 Å². The van der Waals surface area contributed by atoms with E-state index in [1.54, 1.807) is 4.90 Å². The van der Waals surface area contributed by atoms with E-state index in [1.165, 1.54) is 11.3 Å². The van der Waals surface area contributed by atoms with Crippen LogP contribution in [-0.2, 0) is 4.79 Å². The summed E-state index contributed by atoms with van der Waals surface area (Å²) in [4.78, 5) is 24.7. The van der Waals surface area contributed by atoms with Crippen molar-refractivity contribution >= 4 is 45.8 Å². The Kier molecular flexibility index (Phi) is 4.03. The van der Waals surface area contributed by atoms with Gasteiger partial charge in [-0.1, -0.05) is 0 Å². The number of carboxylic acids is 1. The Morgan fingerprint density at radius 2 is 2.29 bits per heavy atom. The first-order chi connectivity index (χ1) is 8.08. The quantitative estimate of drug-likeness (QED) is 0.819. The first-order valence-electron chi connectivity index (χ1n) is 5.34. The van der Waals surface area contributed by atoms with Crippen LogP contribution >= 0.6 is 33.9 Å². The van der Waals surface area contributed by atoms with E-state index in [0.717, 1.165) is 9.30 Å². The predicted octanol–water partition coefficient (Wildman–Crippen LogP) is 2.29. The first-order valence-corrected chi connectivity index (χ1v) is 7.30. The van der Waals surface area contributed by atoms with Crippen molar-refractivity contribution in [2.45, 2.75) is 12.8 Å². The molecule has 0 saturated carbocycles. The van der Waals surface area contributed by atoms with Gasteiger partial charge in [-0.2, -0.15) is 0 Å². The van der Waals surface area contributed by atoms with E-state index < -0.39 is 11.9 Å². The van der Waals surface area contributed by atoms with Gasteiger partial charge >= 0.3 is 5.97 Å². The van der Waals surface area contributed by atoms with Gasteiger partial charge in [-0.15, -0.1) is 11.3 Å². The molecule has 0 radical (unpaired) electrons. The number of hydrogen-bond donors (Lipinski definition) is 1. The SMILES string of the molecule is O=C(O)[C@@H]1CCCN(C(=O)c2csc(I)c2)C1. The zero-order valence-corrected chi connectivity index (χ0v) is 12.0. The lowest BCUT2D eigenvalue weighted by Gasteiger charge is -2.30. The fraction of sp³-hybridized carbons (Fsp3) is 0.455. The number of aliphatic carboxylic acids is 1. The van der Waals surface area contributed by atoms with Crippen molar-refractivity contribution in [3.63, 3.8) is 0 Å². The number of nitrogens with zero attached hydrogens (tertiary/aromatic N) is 1. The summed E-state index contributed by atoms with van der Waals surface area (Å²) in [6.07, 6.45) is 1.43. The Morgan fingerprint density at radius 3 is 2.88 bits per heavy atom. The monoisotopic (exact) mass is 365 g/mol. The van der Waals surface area contributed by atoms with Gasteiger partial charge < -0.3 is 10.0 Å². The third-order valence-electron chi connectivity index (χ3n) is 2.87. The van der Waals surface area contributed by atoms with Gasteiger partial charge in [0.05, 0.1) is 14.4 Å². The number of carbonyl (C=O) groups excluding carboxylic acids is 1. The van der Waals surface area contributed by atoms with E-state index in [9.17, 15) is 9.59 Å². The summed E-state index contributed by atoms with van der Waals surface area (Å²) in [6.45, 7) is 0.996. The van der Waals surface area contributed by atoms with E-state index in [-0.39, 0.29) is 5.91 Å². The molecule has 2 heterocycles. The molecule has 4 nitrogen and oxygen atoms in total. The summed E-state index contributed by atoms with van der Waals surface area (Å²) >= 11 is 3.70. The minimum absolute atomic E-state index is 0.0462. The molecule has 0 unspecified atom stereocenters. The predicted molar refractivity (Wildman–Crippen MR) is 73.3 cm³/mol. The van der Waals surface area contributed by atoms with Gasteiger partial charge in [-0.25, -0.2) is 0 Å². The molecule has 6 heteroatoms. The zero-order chi connectivity index (χ0) is 12.4. The summed E-state index contributed by atoms with van der Waals surface area (Å²) in [5, 5.41) is 10.8. The third-order valence-corrected chi connectivity index (χ3v) is 4.66. The Hall–Kier alpha value is -0.630. The average molecular weight is 365 g/mol. The molecule has 0 spiro atoms. The Bertz CT molecular complexity index is 446. The fourth-order valence-corrected chi connectivity index (χ4v) is 3.29. The van der Waals surface area contributed by atoms with Crippen molar-refractivity contribution < 1.29 is 14.7 Å². The standard InChI is InChI=1S/C11H12INO3S/c12-9-4-8(6-17-9)10(14)13-3-1-2-7(5-13)11(15)16/h4,6-7H,1-3,5H2,(H,15,16)/t7-/m1/s1. The number of thiophene rings is 1. The van der Waals surface area contributed by atoms with Gasteiger partial charge in [0.1, 0.15) is 0 Å². The third kappa shape index (κ3) is 2.98. The van der Waals surface area contributed by atoms with Crippen molar-refractivity contribution in [2.24, 2.45) is 5.92 Å². The molecule has 1 fully saturated rings. The number of carboxylic acid groups (broad SMARTS) is 1.